The number of non-ortho nitro benzene ring substituents is 1. The zero-order valence-electron chi connectivity index (χ0n) is 11.1. The van der Waals surface area contributed by atoms with E-state index >= 15 is 0 Å². The highest BCUT2D eigenvalue weighted by Gasteiger charge is 2.16. The molecule has 21 heavy (non-hydrogen) atoms. The summed E-state index contributed by atoms with van der Waals surface area (Å²) in [4.78, 5) is 21.5. The van der Waals surface area contributed by atoms with Crippen molar-refractivity contribution in [2.24, 2.45) is 5.73 Å². The molecule has 0 bridgehead atoms. The van der Waals surface area contributed by atoms with Crippen LogP contribution in [-0.2, 0) is 0 Å². The Morgan fingerprint density at radius 3 is 2.57 bits per heavy atom. The number of ether oxygens (including phenoxy) is 1. The molecule has 3 N–H and O–H groups in total. The van der Waals surface area contributed by atoms with Gasteiger partial charge in [-0.05, 0) is 30.7 Å². The summed E-state index contributed by atoms with van der Waals surface area (Å²) in [6.45, 7) is 1.76. The number of nitrogens with two attached hydrogens (primary N) is 1. The number of nitrogens with zero attached hydrogens (tertiary/aromatic N) is 1. The molecule has 0 saturated heterocycles. The lowest BCUT2D eigenvalue weighted by Gasteiger charge is -2.10. The van der Waals surface area contributed by atoms with Crippen LogP contribution in [0.4, 0.5) is 5.69 Å². The molecular formula is C14H12N2O5. The zero-order valence-corrected chi connectivity index (χ0v) is 11.1. The number of primary amides is 1. The van der Waals surface area contributed by atoms with Crippen LogP contribution in [0.3, 0.4) is 0 Å². The lowest BCUT2D eigenvalue weighted by atomic mass is 10.1. The monoisotopic (exact) mass is 288 g/mol. The van der Waals surface area contributed by atoms with Crippen molar-refractivity contribution in [2.75, 3.05) is 0 Å². The van der Waals surface area contributed by atoms with Crippen LogP contribution in [0.5, 0.6) is 17.2 Å². The highest BCUT2D eigenvalue weighted by atomic mass is 16.6. The second-order valence-electron chi connectivity index (χ2n) is 4.41. The molecule has 0 aliphatic carbocycles. The zero-order chi connectivity index (χ0) is 15.6. The van der Waals surface area contributed by atoms with Gasteiger partial charge >= 0.3 is 0 Å². The summed E-state index contributed by atoms with van der Waals surface area (Å²) < 4.78 is 5.48. The standard InChI is InChI=1S/C14H12N2O5/c1-8-4-10(17)7-11(5-8)21-13-3-2-9(16(19)20)6-12(13)14(15)18/h2-7,17H,1H3,(H2,15,18). The summed E-state index contributed by atoms with van der Waals surface area (Å²) >= 11 is 0. The Hall–Kier alpha value is -3.09. The molecule has 0 heterocycles. The van der Waals surface area contributed by atoms with E-state index in [9.17, 15) is 20.0 Å². The van der Waals surface area contributed by atoms with Gasteiger partial charge in [0, 0.05) is 18.2 Å². The highest BCUT2D eigenvalue weighted by Crippen LogP contribution is 2.30. The molecule has 0 aliphatic rings. The van der Waals surface area contributed by atoms with Crippen molar-refractivity contribution in [3.63, 3.8) is 0 Å². The molecule has 0 aliphatic heterocycles. The van der Waals surface area contributed by atoms with E-state index in [1.807, 2.05) is 0 Å². The van der Waals surface area contributed by atoms with Crippen LogP contribution in [0.25, 0.3) is 0 Å². The van der Waals surface area contributed by atoms with Crippen molar-refractivity contribution < 1.29 is 19.6 Å². The van der Waals surface area contributed by atoms with Crippen molar-refractivity contribution >= 4 is 11.6 Å². The number of carbonyl (C=O) groups is 1. The maximum atomic E-state index is 11.4. The first-order valence-corrected chi connectivity index (χ1v) is 5.93. The SMILES string of the molecule is Cc1cc(O)cc(Oc2ccc([N+](=O)[O-])cc2C(N)=O)c1. The number of hydrogen-bond acceptors (Lipinski definition) is 5. The molecule has 0 radical (unpaired) electrons. The lowest BCUT2D eigenvalue weighted by molar-refractivity contribution is -0.384. The summed E-state index contributed by atoms with van der Waals surface area (Å²) in [5.74, 6) is -0.458. The Kier molecular flexibility index (Phi) is 3.75. The number of hydrogen-bond donors (Lipinski definition) is 2. The number of carbonyl (C=O) groups excluding carboxylic acids is 1. The number of benzene rings is 2. The first-order valence-electron chi connectivity index (χ1n) is 5.93. The highest BCUT2D eigenvalue weighted by molar-refractivity contribution is 5.96. The van der Waals surface area contributed by atoms with Crippen molar-refractivity contribution in [3.8, 4) is 17.2 Å². The Morgan fingerprint density at radius 2 is 2.00 bits per heavy atom. The molecule has 0 fully saturated rings. The quantitative estimate of drug-likeness (QED) is 0.662. The molecule has 2 aromatic carbocycles. The molecule has 108 valence electrons. The molecule has 7 heteroatoms. The minimum Gasteiger partial charge on any atom is -0.508 e. The van der Waals surface area contributed by atoms with Crippen molar-refractivity contribution in [1.29, 1.82) is 0 Å². The van der Waals surface area contributed by atoms with Crippen LogP contribution in [0, 0.1) is 17.0 Å². The average Bonchev–Trinajstić information content (AvgIpc) is 2.37. The van der Waals surface area contributed by atoms with Crippen LogP contribution in [0.15, 0.2) is 36.4 Å². The Balaban J connectivity index is 2.43. The van der Waals surface area contributed by atoms with Crippen molar-refractivity contribution in [1.82, 2.24) is 0 Å². The van der Waals surface area contributed by atoms with Crippen LogP contribution in [0.1, 0.15) is 15.9 Å². The van der Waals surface area contributed by atoms with Gasteiger partial charge in [-0.3, -0.25) is 14.9 Å². The minimum atomic E-state index is -0.842. The number of amides is 1. The van der Waals surface area contributed by atoms with E-state index in [1.165, 1.54) is 24.3 Å². The third-order valence-electron chi connectivity index (χ3n) is 2.70. The van der Waals surface area contributed by atoms with Gasteiger partial charge in [-0.2, -0.15) is 0 Å². The maximum absolute atomic E-state index is 11.4. The average molecular weight is 288 g/mol. The molecule has 0 aromatic heterocycles. The first-order chi connectivity index (χ1) is 9.86. The fourth-order valence-corrected chi connectivity index (χ4v) is 1.83. The van der Waals surface area contributed by atoms with E-state index in [0.717, 1.165) is 11.6 Å². The van der Waals surface area contributed by atoms with Crippen molar-refractivity contribution in [3.05, 3.63) is 57.6 Å². The number of phenolic OH excluding ortho intramolecular Hbond substituents is 1. The smallest absolute Gasteiger partial charge is 0.270 e. The number of nitro benzene ring substituents is 1. The topological polar surface area (TPSA) is 116 Å². The molecule has 0 unspecified atom stereocenters. The molecule has 2 rings (SSSR count). The minimum absolute atomic E-state index is 0.00698. The van der Waals surface area contributed by atoms with E-state index < -0.39 is 10.8 Å². The van der Waals surface area contributed by atoms with E-state index in [1.54, 1.807) is 13.0 Å². The predicted molar refractivity (Wildman–Crippen MR) is 74.5 cm³/mol. The van der Waals surface area contributed by atoms with E-state index in [-0.39, 0.29) is 22.7 Å². The third-order valence-corrected chi connectivity index (χ3v) is 2.70. The van der Waals surface area contributed by atoms with Gasteiger partial charge < -0.3 is 15.6 Å². The summed E-state index contributed by atoms with van der Waals surface area (Å²) in [6, 6.07) is 8.09. The molecule has 0 atom stereocenters. The molecule has 1 amide bonds. The maximum Gasteiger partial charge on any atom is 0.270 e. The Morgan fingerprint density at radius 1 is 1.29 bits per heavy atom. The number of rotatable bonds is 4. The van der Waals surface area contributed by atoms with Gasteiger partial charge in [0.1, 0.15) is 17.2 Å². The Bertz CT molecular complexity index is 707. The van der Waals surface area contributed by atoms with Crippen molar-refractivity contribution in [2.45, 2.75) is 6.92 Å². The summed E-state index contributed by atoms with van der Waals surface area (Å²) in [6.07, 6.45) is 0. The summed E-state index contributed by atoms with van der Waals surface area (Å²) in [5, 5.41) is 20.2. The number of nitro groups is 1. The van der Waals surface area contributed by atoms with Gasteiger partial charge in [0.25, 0.3) is 11.6 Å². The molecule has 7 nitrogen and oxygen atoms in total. The fraction of sp³-hybridized carbons (Fsp3) is 0.0714. The molecule has 2 aromatic rings. The van der Waals surface area contributed by atoms with Gasteiger partial charge in [-0.15, -0.1) is 0 Å². The summed E-state index contributed by atoms with van der Waals surface area (Å²) in [7, 11) is 0. The number of phenols is 1. The summed E-state index contributed by atoms with van der Waals surface area (Å²) in [5.41, 5.74) is 5.60. The van der Waals surface area contributed by atoms with Gasteiger partial charge in [0.2, 0.25) is 0 Å². The first kappa shape index (κ1) is 14.3. The molecule has 0 spiro atoms. The molecule has 0 saturated carbocycles. The predicted octanol–water partition coefficient (Wildman–Crippen LogP) is 2.50. The van der Waals surface area contributed by atoms with Gasteiger partial charge in [0.15, 0.2) is 0 Å². The van der Waals surface area contributed by atoms with Gasteiger partial charge in [-0.1, -0.05) is 0 Å². The number of aromatic hydroxyl groups is 1. The van der Waals surface area contributed by atoms with Crippen LogP contribution >= 0.6 is 0 Å². The third kappa shape index (κ3) is 3.27. The Labute approximate surface area is 119 Å². The normalized spacial score (nSPS) is 10.1. The fourth-order valence-electron chi connectivity index (χ4n) is 1.83. The van der Waals surface area contributed by atoms with Gasteiger partial charge in [-0.25, -0.2) is 0 Å². The van der Waals surface area contributed by atoms with Crippen LogP contribution in [0.2, 0.25) is 0 Å². The molecular weight excluding hydrogens is 276 g/mol. The largest absolute Gasteiger partial charge is 0.508 e. The van der Waals surface area contributed by atoms with E-state index in [4.69, 9.17) is 10.5 Å². The second kappa shape index (κ2) is 5.49. The van der Waals surface area contributed by atoms with E-state index in [2.05, 4.69) is 0 Å². The lowest BCUT2D eigenvalue weighted by Crippen LogP contribution is -2.12. The van der Waals surface area contributed by atoms with Gasteiger partial charge in [0.05, 0.1) is 10.5 Å². The van der Waals surface area contributed by atoms with Crippen LogP contribution < -0.4 is 10.5 Å². The van der Waals surface area contributed by atoms with Crippen LogP contribution in [-0.4, -0.2) is 15.9 Å². The number of aryl methyl sites for hydroxylation is 1. The second-order valence-corrected chi connectivity index (χ2v) is 4.41. The van der Waals surface area contributed by atoms with E-state index in [0.29, 0.717) is 5.75 Å².